The van der Waals surface area contributed by atoms with Gasteiger partial charge in [-0.25, -0.2) is 0 Å². The number of hydrogen-bond acceptors (Lipinski definition) is 3. The Bertz CT molecular complexity index is 622. The van der Waals surface area contributed by atoms with Crippen molar-refractivity contribution < 1.29 is 9.47 Å². The fourth-order valence-corrected chi connectivity index (χ4v) is 3.04. The number of anilines is 1. The maximum absolute atomic E-state index is 5.84. The molecule has 2 aromatic carbocycles. The van der Waals surface area contributed by atoms with E-state index < -0.39 is 0 Å². The zero-order chi connectivity index (χ0) is 14.7. The molecule has 21 heavy (non-hydrogen) atoms. The molecule has 0 aliphatic carbocycles. The van der Waals surface area contributed by atoms with Crippen LogP contribution in [0.2, 0.25) is 0 Å². The van der Waals surface area contributed by atoms with E-state index in [-0.39, 0.29) is 0 Å². The third-order valence-electron chi connectivity index (χ3n) is 3.38. The fourth-order valence-electron chi connectivity index (χ4n) is 2.43. The minimum Gasteiger partial charge on any atom is -0.490 e. The summed E-state index contributed by atoms with van der Waals surface area (Å²) in [5, 5.41) is 3.45. The van der Waals surface area contributed by atoms with Crippen LogP contribution >= 0.6 is 15.9 Å². The van der Waals surface area contributed by atoms with Gasteiger partial charge in [-0.3, -0.25) is 0 Å². The first kappa shape index (κ1) is 14.3. The van der Waals surface area contributed by atoms with Crippen LogP contribution in [-0.2, 0) is 6.54 Å². The van der Waals surface area contributed by atoms with Crippen molar-refractivity contribution in [1.82, 2.24) is 0 Å². The Hall–Kier alpha value is -1.68. The van der Waals surface area contributed by atoms with Gasteiger partial charge in [-0.1, -0.05) is 28.1 Å². The largest absolute Gasteiger partial charge is 0.490 e. The molecule has 0 aromatic heterocycles. The van der Waals surface area contributed by atoms with Crippen LogP contribution in [0.4, 0.5) is 5.69 Å². The summed E-state index contributed by atoms with van der Waals surface area (Å²) >= 11 is 3.52. The number of halogens is 1. The number of benzene rings is 2. The zero-order valence-corrected chi connectivity index (χ0v) is 13.6. The number of hydrogen-bond donors (Lipinski definition) is 1. The van der Waals surface area contributed by atoms with E-state index in [1.165, 1.54) is 5.56 Å². The van der Waals surface area contributed by atoms with E-state index in [4.69, 9.17) is 9.47 Å². The predicted octanol–water partition coefficient (Wildman–Crippen LogP) is 4.53. The van der Waals surface area contributed by atoms with Crippen molar-refractivity contribution in [2.75, 3.05) is 18.5 Å². The molecule has 3 rings (SSSR count). The van der Waals surface area contributed by atoms with E-state index in [0.717, 1.165) is 33.6 Å². The standard InChI is InChI=1S/C17H18BrNO2/c1-12-8-14(18)10-15(9-12)19-11-13-4-2-5-16-17(13)21-7-3-6-20-16/h2,4-5,8-10,19H,3,6-7,11H2,1H3. The SMILES string of the molecule is Cc1cc(Br)cc(NCc2cccc3c2OCCCO3)c1. The first-order chi connectivity index (χ1) is 10.2. The van der Waals surface area contributed by atoms with Crippen LogP contribution in [0.3, 0.4) is 0 Å². The predicted molar refractivity (Wildman–Crippen MR) is 88.3 cm³/mol. The number of nitrogens with one attached hydrogen (secondary N) is 1. The second-order valence-electron chi connectivity index (χ2n) is 5.17. The monoisotopic (exact) mass is 347 g/mol. The quantitative estimate of drug-likeness (QED) is 0.884. The Labute approximate surface area is 133 Å². The number of para-hydroxylation sites is 1. The van der Waals surface area contributed by atoms with Gasteiger partial charge in [-0.05, 0) is 36.8 Å². The number of ether oxygens (including phenoxy) is 2. The molecule has 110 valence electrons. The molecule has 0 saturated heterocycles. The Balaban J connectivity index is 1.79. The molecule has 3 nitrogen and oxygen atoms in total. The highest BCUT2D eigenvalue weighted by molar-refractivity contribution is 9.10. The topological polar surface area (TPSA) is 30.5 Å². The lowest BCUT2D eigenvalue weighted by Gasteiger charge is -2.14. The number of fused-ring (bicyclic) bond motifs is 1. The highest BCUT2D eigenvalue weighted by Gasteiger charge is 2.14. The first-order valence-corrected chi connectivity index (χ1v) is 7.90. The van der Waals surface area contributed by atoms with Crippen LogP contribution in [0.1, 0.15) is 17.5 Å². The van der Waals surface area contributed by atoms with Crippen molar-refractivity contribution in [3.8, 4) is 11.5 Å². The Morgan fingerprint density at radius 2 is 2.00 bits per heavy atom. The van der Waals surface area contributed by atoms with E-state index in [1.54, 1.807) is 0 Å². The minimum atomic E-state index is 0.708. The van der Waals surface area contributed by atoms with E-state index in [9.17, 15) is 0 Å². The van der Waals surface area contributed by atoms with Crippen molar-refractivity contribution >= 4 is 21.6 Å². The first-order valence-electron chi connectivity index (χ1n) is 7.11. The third-order valence-corrected chi connectivity index (χ3v) is 3.84. The molecule has 1 aliphatic rings. The Morgan fingerprint density at radius 1 is 1.14 bits per heavy atom. The van der Waals surface area contributed by atoms with Gasteiger partial charge in [0.2, 0.25) is 0 Å². The van der Waals surface area contributed by atoms with Gasteiger partial charge in [-0.15, -0.1) is 0 Å². The average molecular weight is 348 g/mol. The number of rotatable bonds is 3. The van der Waals surface area contributed by atoms with Crippen LogP contribution in [0.25, 0.3) is 0 Å². The molecule has 0 radical (unpaired) electrons. The lowest BCUT2D eigenvalue weighted by atomic mass is 10.1. The molecule has 0 atom stereocenters. The molecular formula is C17H18BrNO2. The van der Waals surface area contributed by atoms with Gasteiger partial charge >= 0.3 is 0 Å². The molecule has 4 heteroatoms. The van der Waals surface area contributed by atoms with Gasteiger partial charge < -0.3 is 14.8 Å². The maximum Gasteiger partial charge on any atom is 0.166 e. The Kier molecular flexibility index (Phi) is 4.34. The smallest absolute Gasteiger partial charge is 0.166 e. The van der Waals surface area contributed by atoms with Gasteiger partial charge in [-0.2, -0.15) is 0 Å². The molecule has 1 N–H and O–H groups in total. The van der Waals surface area contributed by atoms with Crippen molar-refractivity contribution in [3.63, 3.8) is 0 Å². The van der Waals surface area contributed by atoms with Crippen LogP contribution < -0.4 is 14.8 Å². The average Bonchev–Trinajstić information content (AvgIpc) is 2.69. The molecule has 1 aliphatic heterocycles. The highest BCUT2D eigenvalue weighted by atomic mass is 79.9. The minimum absolute atomic E-state index is 0.708. The second kappa shape index (κ2) is 6.39. The van der Waals surface area contributed by atoms with Gasteiger partial charge in [0, 0.05) is 28.7 Å². The molecule has 0 amide bonds. The molecule has 0 fully saturated rings. The lowest BCUT2D eigenvalue weighted by Crippen LogP contribution is -2.03. The summed E-state index contributed by atoms with van der Waals surface area (Å²) in [6.45, 7) is 4.22. The highest BCUT2D eigenvalue weighted by Crippen LogP contribution is 2.33. The summed E-state index contributed by atoms with van der Waals surface area (Å²) in [5.74, 6) is 1.71. The van der Waals surface area contributed by atoms with Crippen LogP contribution in [0.5, 0.6) is 11.5 Å². The van der Waals surface area contributed by atoms with Crippen LogP contribution in [0, 0.1) is 6.92 Å². The number of aryl methyl sites for hydroxylation is 1. The molecule has 0 unspecified atom stereocenters. The van der Waals surface area contributed by atoms with Gasteiger partial charge in [0.25, 0.3) is 0 Å². The van der Waals surface area contributed by atoms with E-state index in [2.05, 4.69) is 52.4 Å². The second-order valence-corrected chi connectivity index (χ2v) is 6.08. The summed E-state index contributed by atoms with van der Waals surface area (Å²) in [7, 11) is 0. The van der Waals surface area contributed by atoms with Gasteiger partial charge in [0.1, 0.15) is 0 Å². The maximum atomic E-state index is 5.84. The summed E-state index contributed by atoms with van der Waals surface area (Å²) in [5.41, 5.74) is 3.43. The summed E-state index contributed by atoms with van der Waals surface area (Å²) in [4.78, 5) is 0. The van der Waals surface area contributed by atoms with Crippen molar-refractivity contribution in [2.24, 2.45) is 0 Å². The summed E-state index contributed by atoms with van der Waals surface area (Å²) in [6, 6.07) is 12.3. The third kappa shape index (κ3) is 3.50. The van der Waals surface area contributed by atoms with Crippen molar-refractivity contribution in [2.45, 2.75) is 19.9 Å². The van der Waals surface area contributed by atoms with Gasteiger partial charge in [0.05, 0.1) is 13.2 Å². The summed E-state index contributed by atoms with van der Waals surface area (Å²) in [6.07, 6.45) is 0.923. The van der Waals surface area contributed by atoms with E-state index >= 15 is 0 Å². The Morgan fingerprint density at radius 3 is 2.86 bits per heavy atom. The fraction of sp³-hybridized carbons (Fsp3) is 0.294. The summed E-state index contributed by atoms with van der Waals surface area (Å²) < 4.78 is 12.6. The normalized spacial score (nSPS) is 13.6. The van der Waals surface area contributed by atoms with Crippen LogP contribution in [0.15, 0.2) is 40.9 Å². The molecule has 0 saturated carbocycles. The molecule has 0 bridgehead atoms. The van der Waals surface area contributed by atoms with E-state index in [0.29, 0.717) is 19.8 Å². The van der Waals surface area contributed by atoms with Crippen molar-refractivity contribution in [3.05, 3.63) is 52.0 Å². The molecule has 2 aromatic rings. The molecule has 0 spiro atoms. The van der Waals surface area contributed by atoms with E-state index in [1.807, 2.05) is 12.1 Å². The zero-order valence-electron chi connectivity index (χ0n) is 12.0. The molecular weight excluding hydrogens is 330 g/mol. The van der Waals surface area contributed by atoms with Crippen molar-refractivity contribution in [1.29, 1.82) is 0 Å². The molecule has 1 heterocycles. The lowest BCUT2D eigenvalue weighted by molar-refractivity contribution is 0.296. The van der Waals surface area contributed by atoms with Gasteiger partial charge in [0.15, 0.2) is 11.5 Å². The van der Waals surface area contributed by atoms with Crippen LogP contribution in [-0.4, -0.2) is 13.2 Å².